The van der Waals surface area contributed by atoms with Crippen LogP contribution in [0.3, 0.4) is 0 Å². The molecule has 2 fully saturated rings. The Kier molecular flexibility index (Phi) is 1.85. The van der Waals surface area contributed by atoms with Gasteiger partial charge in [0, 0.05) is 0 Å². The monoisotopic (exact) mass is 168 g/mol. The first-order valence-electron chi connectivity index (χ1n) is 4.96. The van der Waals surface area contributed by atoms with Crippen LogP contribution < -0.4 is 0 Å². The van der Waals surface area contributed by atoms with Crippen molar-refractivity contribution in [1.82, 2.24) is 0 Å². The van der Waals surface area contributed by atoms with Crippen LogP contribution in [0, 0.1) is 11.3 Å². The summed E-state index contributed by atoms with van der Waals surface area (Å²) in [6, 6.07) is 0. The average molecular weight is 168 g/mol. The van der Waals surface area contributed by atoms with Crippen LogP contribution in [0.15, 0.2) is 0 Å². The normalized spacial score (nSPS) is 27.3. The van der Waals surface area contributed by atoms with E-state index in [1.54, 1.807) is 0 Å². The molecule has 0 aromatic carbocycles. The lowest BCUT2D eigenvalue weighted by atomic mass is 9.61. The molecule has 0 aliphatic heterocycles. The van der Waals surface area contributed by atoms with E-state index < -0.39 is 5.97 Å². The van der Waals surface area contributed by atoms with Crippen LogP contribution >= 0.6 is 0 Å². The van der Waals surface area contributed by atoms with E-state index in [1.807, 2.05) is 0 Å². The van der Waals surface area contributed by atoms with Gasteiger partial charge in [-0.05, 0) is 25.2 Å². The second kappa shape index (κ2) is 2.75. The van der Waals surface area contributed by atoms with Crippen LogP contribution in [0.5, 0.6) is 0 Å². The molecule has 0 amide bonds. The van der Waals surface area contributed by atoms with Gasteiger partial charge in [-0.15, -0.1) is 0 Å². The molecular formula is C10H16O2. The fourth-order valence-electron chi connectivity index (χ4n) is 2.36. The van der Waals surface area contributed by atoms with Crippen molar-refractivity contribution >= 4 is 5.97 Å². The highest BCUT2D eigenvalue weighted by Gasteiger charge is 2.46. The highest BCUT2D eigenvalue weighted by Crippen LogP contribution is 2.49. The molecule has 0 saturated heterocycles. The van der Waals surface area contributed by atoms with E-state index in [-0.39, 0.29) is 5.41 Å². The summed E-state index contributed by atoms with van der Waals surface area (Å²) < 4.78 is 0. The van der Waals surface area contributed by atoms with Crippen molar-refractivity contribution in [3.63, 3.8) is 0 Å². The second-order valence-corrected chi connectivity index (χ2v) is 4.44. The van der Waals surface area contributed by atoms with E-state index in [4.69, 9.17) is 5.11 Å². The molecule has 2 heteroatoms. The molecule has 2 nitrogen and oxygen atoms in total. The van der Waals surface area contributed by atoms with E-state index in [9.17, 15) is 4.79 Å². The summed E-state index contributed by atoms with van der Waals surface area (Å²) in [5, 5.41) is 9.05. The maximum Gasteiger partial charge on any atom is 0.309 e. The summed E-state index contributed by atoms with van der Waals surface area (Å²) in [6.45, 7) is 0. The predicted octanol–water partition coefficient (Wildman–Crippen LogP) is 2.43. The smallest absolute Gasteiger partial charge is 0.309 e. The molecule has 0 bridgehead atoms. The summed E-state index contributed by atoms with van der Waals surface area (Å²) >= 11 is 0. The van der Waals surface area contributed by atoms with Crippen molar-refractivity contribution in [2.45, 2.75) is 44.9 Å². The molecule has 0 heterocycles. The van der Waals surface area contributed by atoms with E-state index in [0.717, 1.165) is 31.6 Å². The Labute approximate surface area is 73.0 Å². The SMILES string of the molecule is O=C(O)C1(CC2CCC2)CCC1. The number of rotatable bonds is 3. The Bertz CT molecular complexity index is 190. The Morgan fingerprint density at radius 3 is 2.25 bits per heavy atom. The molecule has 0 spiro atoms. The number of hydrogen-bond acceptors (Lipinski definition) is 1. The van der Waals surface area contributed by atoms with Gasteiger partial charge >= 0.3 is 5.97 Å². The van der Waals surface area contributed by atoms with Crippen molar-refractivity contribution < 1.29 is 9.90 Å². The van der Waals surface area contributed by atoms with Crippen LogP contribution in [0.4, 0.5) is 0 Å². The zero-order chi connectivity index (χ0) is 8.60. The fraction of sp³-hybridized carbons (Fsp3) is 0.900. The minimum atomic E-state index is -0.541. The standard InChI is InChI=1S/C10H16O2/c11-9(12)10(5-2-6-10)7-8-3-1-4-8/h8H,1-7H2,(H,11,12). The summed E-state index contributed by atoms with van der Waals surface area (Å²) in [5.41, 5.74) is -0.287. The van der Waals surface area contributed by atoms with E-state index in [2.05, 4.69) is 0 Å². The minimum Gasteiger partial charge on any atom is -0.481 e. The molecule has 2 aliphatic rings. The third-order valence-electron chi connectivity index (χ3n) is 3.67. The topological polar surface area (TPSA) is 37.3 Å². The van der Waals surface area contributed by atoms with Gasteiger partial charge in [-0.2, -0.15) is 0 Å². The van der Waals surface area contributed by atoms with Crippen molar-refractivity contribution in [2.24, 2.45) is 11.3 Å². The lowest BCUT2D eigenvalue weighted by molar-refractivity contribution is -0.156. The number of carboxylic acids is 1. The minimum absolute atomic E-state index is 0.287. The Morgan fingerprint density at radius 2 is 2.00 bits per heavy atom. The lowest BCUT2D eigenvalue weighted by Crippen LogP contribution is -2.40. The second-order valence-electron chi connectivity index (χ2n) is 4.44. The van der Waals surface area contributed by atoms with Gasteiger partial charge in [0.05, 0.1) is 5.41 Å². The quantitative estimate of drug-likeness (QED) is 0.702. The van der Waals surface area contributed by atoms with Crippen molar-refractivity contribution in [3.8, 4) is 0 Å². The number of hydrogen-bond donors (Lipinski definition) is 1. The molecule has 1 N–H and O–H groups in total. The first kappa shape index (κ1) is 8.09. The number of aliphatic carboxylic acids is 1. The molecule has 0 atom stereocenters. The molecular weight excluding hydrogens is 152 g/mol. The summed E-state index contributed by atoms with van der Waals surface area (Å²) in [6.07, 6.45) is 7.81. The maximum atomic E-state index is 11.0. The van der Waals surface area contributed by atoms with E-state index >= 15 is 0 Å². The lowest BCUT2D eigenvalue weighted by Gasteiger charge is -2.42. The van der Waals surface area contributed by atoms with Gasteiger partial charge in [-0.1, -0.05) is 25.7 Å². The van der Waals surface area contributed by atoms with Crippen LogP contribution in [0.2, 0.25) is 0 Å². The van der Waals surface area contributed by atoms with E-state index in [0.29, 0.717) is 0 Å². The molecule has 2 saturated carbocycles. The molecule has 2 rings (SSSR count). The van der Waals surface area contributed by atoms with Crippen LogP contribution in [-0.4, -0.2) is 11.1 Å². The predicted molar refractivity (Wildman–Crippen MR) is 45.9 cm³/mol. The van der Waals surface area contributed by atoms with Crippen molar-refractivity contribution in [3.05, 3.63) is 0 Å². The number of carbonyl (C=O) groups is 1. The Balaban J connectivity index is 1.92. The van der Waals surface area contributed by atoms with Gasteiger partial charge in [0.25, 0.3) is 0 Å². The third-order valence-corrected chi connectivity index (χ3v) is 3.67. The fourth-order valence-corrected chi connectivity index (χ4v) is 2.36. The summed E-state index contributed by atoms with van der Waals surface area (Å²) in [7, 11) is 0. The molecule has 0 aromatic rings. The Hall–Kier alpha value is -0.530. The molecule has 68 valence electrons. The average Bonchev–Trinajstić information content (AvgIpc) is 1.80. The highest BCUT2D eigenvalue weighted by atomic mass is 16.4. The summed E-state index contributed by atoms with van der Waals surface area (Å²) in [4.78, 5) is 11.0. The largest absolute Gasteiger partial charge is 0.481 e. The van der Waals surface area contributed by atoms with Crippen molar-refractivity contribution in [1.29, 1.82) is 0 Å². The molecule has 0 aromatic heterocycles. The zero-order valence-electron chi connectivity index (χ0n) is 7.38. The van der Waals surface area contributed by atoms with Crippen LogP contribution in [0.25, 0.3) is 0 Å². The van der Waals surface area contributed by atoms with Crippen LogP contribution in [0.1, 0.15) is 44.9 Å². The van der Waals surface area contributed by atoms with Gasteiger partial charge in [-0.3, -0.25) is 4.79 Å². The molecule has 12 heavy (non-hydrogen) atoms. The number of carboxylic acid groups (broad SMARTS) is 1. The third kappa shape index (κ3) is 1.13. The summed E-state index contributed by atoms with van der Waals surface area (Å²) in [5.74, 6) is 0.196. The van der Waals surface area contributed by atoms with Gasteiger partial charge in [0.15, 0.2) is 0 Å². The molecule has 2 aliphatic carbocycles. The zero-order valence-corrected chi connectivity index (χ0v) is 7.38. The van der Waals surface area contributed by atoms with Gasteiger partial charge in [0.1, 0.15) is 0 Å². The van der Waals surface area contributed by atoms with Crippen LogP contribution in [-0.2, 0) is 4.79 Å². The highest BCUT2D eigenvalue weighted by molar-refractivity contribution is 5.75. The maximum absolute atomic E-state index is 11.0. The van der Waals surface area contributed by atoms with Crippen molar-refractivity contribution in [2.75, 3.05) is 0 Å². The van der Waals surface area contributed by atoms with Gasteiger partial charge in [-0.25, -0.2) is 0 Å². The molecule has 0 unspecified atom stereocenters. The molecule has 0 radical (unpaired) electrons. The first-order valence-corrected chi connectivity index (χ1v) is 4.96. The van der Waals surface area contributed by atoms with Gasteiger partial charge < -0.3 is 5.11 Å². The van der Waals surface area contributed by atoms with Gasteiger partial charge in [0.2, 0.25) is 0 Å². The Morgan fingerprint density at radius 1 is 1.33 bits per heavy atom. The first-order chi connectivity index (χ1) is 5.73. The van der Waals surface area contributed by atoms with E-state index in [1.165, 1.54) is 19.3 Å².